The van der Waals surface area contributed by atoms with Gasteiger partial charge in [0.25, 0.3) is 45.0 Å². The Kier molecular flexibility index (Phi) is 41.5. The van der Waals surface area contributed by atoms with Gasteiger partial charge in [0, 0.05) is 130 Å². The summed E-state index contributed by atoms with van der Waals surface area (Å²) in [6.45, 7) is 23.3. The Morgan fingerprint density at radius 2 is 0.801 bits per heavy atom. The summed E-state index contributed by atoms with van der Waals surface area (Å²) in [7, 11) is 5.72. The summed E-state index contributed by atoms with van der Waals surface area (Å²) in [4.78, 5) is 91.4. The van der Waals surface area contributed by atoms with E-state index in [0.717, 1.165) is 103 Å². The second kappa shape index (κ2) is 51.8. The monoisotopic (exact) mass is 2010 g/mol. The minimum Gasteiger partial charge on any atom is -0.506 e. The number of pyridine rings is 4. The number of azo groups is 4. The van der Waals surface area contributed by atoms with Crippen molar-refractivity contribution >= 4 is 91.5 Å². The van der Waals surface area contributed by atoms with Crippen molar-refractivity contribution in [1.29, 1.82) is 21.0 Å². The van der Waals surface area contributed by atoms with E-state index < -0.39 is 65.5 Å². The Labute approximate surface area is 823 Å². The minimum atomic E-state index is -0.780. The molecule has 1 aliphatic rings. The molecule has 11 aromatic rings. The normalized spacial score (nSPS) is 11.3. The van der Waals surface area contributed by atoms with Crippen molar-refractivity contribution in [1.82, 2.24) is 18.3 Å². The first-order valence-electron chi connectivity index (χ1n) is 41.1. The number of nitro groups is 4. The van der Waals surface area contributed by atoms with Crippen LogP contribution < -0.4 is 36.9 Å². The number of ether oxygens (including phenoxy) is 1. The van der Waals surface area contributed by atoms with Gasteiger partial charge in [-0.05, 0) is 116 Å². The van der Waals surface area contributed by atoms with Gasteiger partial charge in [0.2, 0.25) is 34.9 Å². The van der Waals surface area contributed by atoms with E-state index in [1.165, 1.54) is 70.4 Å². The summed E-state index contributed by atoms with van der Waals surface area (Å²) >= 11 is 0. The quantitative estimate of drug-likeness (QED) is 0.00375. The molecule has 5 heterocycles. The van der Waals surface area contributed by atoms with Gasteiger partial charge in [-0.25, -0.2) is 0 Å². The summed E-state index contributed by atoms with van der Waals surface area (Å²) in [5, 5.41) is 197. The molecule has 0 bridgehead atoms. The Morgan fingerprint density at radius 1 is 0.489 bits per heavy atom. The van der Waals surface area contributed by atoms with Gasteiger partial charge in [-0.3, -0.25) is 82.9 Å². The van der Waals surface area contributed by atoms with Gasteiger partial charge in [-0.2, -0.15) is 30.7 Å². The number of methoxy groups -OCH3 is 1. The molecule has 0 saturated carbocycles. The van der Waals surface area contributed by atoms with Crippen LogP contribution in [0.15, 0.2) is 230 Å². The molecule has 0 spiro atoms. The number of hydrogen-bond acceptors (Lipinski definition) is 35. The third-order valence-electron chi connectivity index (χ3n) is 21.0. The predicted octanol–water partition coefficient (Wildman–Crippen LogP) is 15.3. The molecule has 0 aliphatic carbocycles. The number of aromatic hydroxyl groups is 8. The third kappa shape index (κ3) is 27.2. The molecule has 727 valence electrons. The van der Waals surface area contributed by atoms with E-state index in [0.29, 0.717) is 5.56 Å². The first-order valence-corrected chi connectivity index (χ1v) is 41.1. The number of nitriles is 4. The molecule has 4 aromatic heterocycles. The number of nitrogens with zero attached hydrogens (tertiary/aromatic N) is 23. The van der Waals surface area contributed by atoms with Crippen LogP contribution in [0.4, 0.5) is 79.6 Å². The first-order chi connectivity index (χ1) is 66.1. The van der Waals surface area contributed by atoms with E-state index in [4.69, 9.17) is 28.1 Å². The molecule has 47 heteroatoms. The molecule has 141 heavy (non-hydrogen) atoms. The van der Waals surface area contributed by atoms with Crippen LogP contribution in [0.2, 0.25) is 0 Å². The van der Waals surface area contributed by atoms with Crippen LogP contribution in [0.3, 0.4) is 0 Å². The number of phenolic OH excluding ortho intramolecular Hbond substituents is 4. The number of non-ortho nitro benzene ring substituents is 4. The van der Waals surface area contributed by atoms with E-state index in [-0.39, 0.29) is 201 Å². The van der Waals surface area contributed by atoms with Crippen LogP contribution in [0.5, 0.6) is 52.3 Å². The van der Waals surface area contributed by atoms with E-state index in [9.17, 15) is 111 Å². The summed E-state index contributed by atoms with van der Waals surface area (Å²) in [6.07, 6.45) is 13.6. The smallest absolute Gasteiger partial charge is 0.272 e. The fourth-order valence-corrected chi connectivity index (χ4v) is 13.1. The molecule has 1 radical (unpaired) electrons. The number of nitrogens with one attached hydrogen (secondary N) is 1. The second-order valence-electron chi connectivity index (χ2n) is 29.8. The molecule has 45 nitrogen and oxygen atoms in total. The number of hydrazone groups is 1. The molecular weight excluding hydrogens is 1920 g/mol. The standard InChI is InChI=1S/C20H15N5O5.C20H24N3O.C16H13N5O5.2C16H11N5O5.C6H15N.Co.Fe/c1-12-15(10-21)19(27)24(11-13-5-3-2-4-6-13)20(28)18(12)23-22-16-9-14(25(29)30)7-8-17(16)26;1-20(2)17-8-6-7-9-18(17)22(3)19(20)14-21-23(4)15-10-12-16(24-5)13-11-15;3*1-3-6-20-15(23)11(8-17)9(2)14(16(20)24)19-18-12-7-10(21(25)26)4-5-13(12)22;1-4-7(5-2)6-3;;/h2-9,26,28H,11H2,1H3;6-14H,1-5H3;3-5,7,22,24H,1,6H2,2H3;2*1,4-5,7,22,24H,6H2,2H3;4-6H2,1-3H3;;/q;+1;;;;;;/p+1. The van der Waals surface area contributed by atoms with Crippen molar-refractivity contribution in [3.05, 3.63) is 302 Å². The largest absolute Gasteiger partial charge is 0.506 e. The topological polar surface area (TPSA) is 649 Å². The average molecular weight is 2010 g/mol. The summed E-state index contributed by atoms with van der Waals surface area (Å²) in [5.41, 5.74) is -1.18. The first kappa shape index (κ1) is 113. The Balaban J connectivity index is 0.000000304. The van der Waals surface area contributed by atoms with Crippen molar-refractivity contribution in [2.45, 2.75) is 93.9 Å². The number of rotatable bonds is 25. The molecule has 1 aliphatic heterocycles. The Hall–Kier alpha value is -18.5. The fraction of sp³-hybridized carbons (Fsp3) is 0.213. The minimum absolute atomic E-state index is 0. The molecule has 0 amide bonds. The van der Waals surface area contributed by atoms with Gasteiger partial charge in [-0.15, -0.1) is 60.3 Å². The molecule has 0 fully saturated rings. The SMILES string of the molecule is C#CCn1c(O)c(N=Nc2cc([N+](=O)[O-])ccc2O)c(C)c(C#N)c1=O.C#CCn1c(O)c(N=Nc2cc([N+](=O)[O-])ccc2O)c(C)c(C#N)c1=O.C=CCn1c(O)c(N=Nc2cc([N+](=O)[O-])ccc2O)c(C)c(C#N)c1=O.CC[NH+](CC)CC.COc1ccc(N(C)/N=C/C2=[N+](C)c3ccccc3C2(C)C)cc1.Cc1c(N=Nc2cc([N+](=O)[O-])ccc2O)c(O)n(Cc2ccccc2)c(=O)c1C#N.[Co].[Fe]. The summed E-state index contributed by atoms with van der Waals surface area (Å²) < 4.78 is 10.8. The Bertz CT molecular complexity index is 7170. The van der Waals surface area contributed by atoms with E-state index >= 15 is 0 Å². The second-order valence-corrected chi connectivity index (χ2v) is 29.8. The number of quaternary nitrogens is 1. The number of aromatic nitrogens is 4. The molecule has 9 N–H and O–H groups in total. The maximum absolute atomic E-state index is 12.6. The molecule has 0 atom stereocenters. The van der Waals surface area contributed by atoms with Crippen molar-refractivity contribution in [2.24, 2.45) is 46.0 Å². The molecule has 0 saturated heterocycles. The van der Waals surface area contributed by atoms with Crippen LogP contribution in [0.1, 0.15) is 90.3 Å². The van der Waals surface area contributed by atoms with Crippen molar-refractivity contribution < 1.29 is 109 Å². The number of fused-ring (bicyclic) bond motifs is 1. The van der Waals surface area contributed by atoms with E-state index in [2.05, 4.69) is 135 Å². The number of para-hydroxylation sites is 1. The number of allylic oxidation sites excluding steroid dienone is 1. The van der Waals surface area contributed by atoms with Crippen LogP contribution in [-0.2, 0) is 65.4 Å². The van der Waals surface area contributed by atoms with Crippen LogP contribution in [0, 0.1) is 138 Å². The third-order valence-corrected chi connectivity index (χ3v) is 21.0. The van der Waals surface area contributed by atoms with E-state index in [1.807, 2.05) is 42.5 Å². The molecule has 0 unspecified atom stereocenters. The van der Waals surface area contributed by atoms with Crippen LogP contribution >= 0.6 is 0 Å². The molecular formula is C94H90CoFeN24O21+2. The van der Waals surface area contributed by atoms with Gasteiger partial charge in [0.15, 0.2) is 22.7 Å². The zero-order chi connectivity index (χ0) is 103. The molecule has 12 rings (SSSR count). The fourth-order valence-electron chi connectivity index (χ4n) is 13.1. The maximum Gasteiger partial charge on any atom is 0.272 e. The molecule has 7 aromatic carbocycles. The summed E-state index contributed by atoms with van der Waals surface area (Å²) in [6, 6.07) is 44.8. The summed E-state index contributed by atoms with van der Waals surface area (Å²) in [5.74, 6) is 1.42. The Morgan fingerprint density at radius 3 is 1.10 bits per heavy atom. The maximum atomic E-state index is 12.6. The van der Waals surface area contributed by atoms with Gasteiger partial charge in [0.1, 0.15) is 111 Å². The number of hydrogen-bond donors (Lipinski definition) is 9. The van der Waals surface area contributed by atoms with Crippen molar-refractivity contribution in [3.63, 3.8) is 0 Å². The number of nitro benzene ring substituents is 4. The predicted molar refractivity (Wildman–Crippen MR) is 509 cm³/mol. The van der Waals surface area contributed by atoms with Crippen molar-refractivity contribution in [3.8, 4) is 101 Å². The van der Waals surface area contributed by atoms with Gasteiger partial charge in [0.05, 0.1) is 77.2 Å². The number of terminal acetylenes is 2. The van der Waals surface area contributed by atoms with Crippen molar-refractivity contribution in [2.75, 3.05) is 45.8 Å². The van der Waals surface area contributed by atoms with Gasteiger partial charge in [-0.1, -0.05) is 66.4 Å². The number of benzene rings is 7. The van der Waals surface area contributed by atoms with Gasteiger partial charge >= 0.3 is 0 Å². The number of anilines is 1. The van der Waals surface area contributed by atoms with Gasteiger partial charge < -0.3 is 50.5 Å². The zero-order valence-corrected chi connectivity index (χ0v) is 79.4. The average Bonchev–Trinajstić information content (AvgIpc) is 1.56. The van der Waals surface area contributed by atoms with Crippen LogP contribution in [-0.4, -0.2) is 136 Å². The van der Waals surface area contributed by atoms with E-state index in [1.54, 1.807) is 66.6 Å². The zero-order valence-electron chi connectivity index (χ0n) is 77.3. The van der Waals surface area contributed by atoms with Crippen LogP contribution in [0.25, 0.3) is 0 Å². The number of phenols is 4.